The van der Waals surface area contributed by atoms with Crippen LogP contribution in [0.5, 0.6) is 0 Å². The van der Waals surface area contributed by atoms with Crippen molar-refractivity contribution in [2.24, 2.45) is 0 Å². The minimum atomic E-state index is -0.240. The third kappa shape index (κ3) is 4.47. The van der Waals surface area contributed by atoms with Crippen LogP contribution in [0.4, 0.5) is 11.4 Å². The minimum absolute atomic E-state index is 0.0164. The number of para-hydroxylation sites is 2. The Balaban J connectivity index is 1.70. The molecule has 1 heterocycles. The zero-order chi connectivity index (χ0) is 22.8. The van der Waals surface area contributed by atoms with Crippen LogP contribution in [0.1, 0.15) is 12.5 Å². The zero-order valence-electron chi connectivity index (χ0n) is 17.4. The van der Waals surface area contributed by atoms with Gasteiger partial charge < -0.3 is 15.2 Å². The van der Waals surface area contributed by atoms with Gasteiger partial charge in [-0.25, -0.2) is 4.98 Å². The highest BCUT2D eigenvalue weighted by molar-refractivity contribution is 6.43. The Morgan fingerprint density at radius 1 is 1.00 bits per heavy atom. The molecule has 32 heavy (non-hydrogen) atoms. The highest BCUT2D eigenvalue weighted by atomic mass is 35.5. The number of carbonyl (C=O) groups excluding carboxylic acids is 2. The molecule has 0 spiro atoms. The fourth-order valence-electron chi connectivity index (χ4n) is 3.49. The smallest absolute Gasteiger partial charge is 0.244 e. The average molecular weight is 467 g/mol. The summed E-state index contributed by atoms with van der Waals surface area (Å²) in [7, 11) is 0. The predicted molar refractivity (Wildman–Crippen MR) is 129 cm³/mol. The number of nitrogens with zero attached hydrogens (tertiary/aromatic N) is 2. The summed E-state index contributed by atoms with van der Waals surface area (Å²) in [6, 6.07) is 18.2. The molecule has 0 aliphatic rings. The van der Waals surface area contributed by atoms with Crippen LogP contribution in [0.3, 0.4) is 0 Å². The van der Waals surface area contributed by atoms with Gasteiger partial charge in [0.1, 0.15) is 12.4 Å². The quantitative estimate of drug-likeness (QED) is 0.383. The van der Waals surface area contributed by atoms with Gasteiger partial charge in [0.15, 0.2) is 0 Å². The SMILES string of the molecule is CC(=O)Nc1ccc(C)c(NC(=O)Cn2c(-c3cccc(Cl)c3Cl)nc3ccccc32)c1. The maximum Gasteiger partial charge on any atom is 0.244 e. The number of hydrogen-bond donors (Lipinski definition) is 2. The number of aromatic nitrogens is 2. The van der Waals surface area contributed by atoms with Crippen molar-refractivity contribution in [1.29, 1.82) is 0 Å². The highest BCUT2D eigenvalue weighted by Crippen LogP contribution is 2.34. The van der Waals surface area contributed by atoms with Crippen molar-refractivity contribution >= 4 is 57.4 Å². The summed E-state index contributed by atoms with van der Waals surface area (Å²) >= 11 is 12.7. The molecule has 2 amide bonds. The fourth-order valence-corrected chi connectivity index (χ4v) is 3.87. The van der Waals surface area contributed by atoms with Crippen molar-refractivity contribution in [1.82, 2.24) is 9.55 Å². The normalized spacial score (nSPS) is 10.9. The van der Waals surface area contributed by atoms with E-state index in [1.165, 1.54) is 6.92 Å². The van der Waals surface area contributed by atoms with Crippen LogP contribution in [0, 0.1) is 6.92 Å². The van der Waals surface area contributed by atoms with Crippen LogP contribution in [0.25, 0.3) is 22.4 Å². The number of anilines is 2. The van der Waals surface area contributed by atoms with Gasteiger partial charge in [-0.3, -0.25) is 9.59 Å². The number of halogens is 2. The summed E-state index contributed by atoms with van der Waals surface area (Å²) in [6.07, 6.45) is 0. The summed E-state index contributed by atoms with van der Waals surface area (Å²) < 4.78 is 1.81. The van der Waals surface area contributed by atoms with Crippen molar-refractivity contribution in [3.8, 4) is 11.4 Å². The number of carbonyl (C=O) groups is 2. The Morgan fingerprint density at radius 3 is 2.56 bits per heavy atom. The molecular formula is C24H20Cl2N4O2. The lowest BCUT2D eigenvalue weighted by Crippen LogP contribution is -2.20. The second kappa shape index (κ2) is 9.02. The Hall–Kier alpha value is -3.35. The lowest BCUT2D eigenvalue weighted by Gasteiger charge is -2.14. The molecular weight excluding hydrogens is 447 g/mol. The van der Waals surface area contributed by atoms with E-state index in [-0.39, 0.29) is 18.4 Å². The molecule has 4 aromatic rings. The van der Waals surface area contributed by atoms with Gasteiger partial charge in [0.25, 0.3) is 0 Å². The van der Waals surface area contributed by atoms with E-state index in [9.17, 15) is 9.59 Å². The second-order valence-corrected chi connectivity index (χ2v) is 8.16. The standard InChI is InChI=1S/C24H20Cl2N4O2/c1-14-10-11-16(27-15(2)31)12-20(14)28-22(32)13-30-21-9-4-3-8-19(21)29-24(30)17-6-5-7-18(25)23(17)26/h3-12H,13H2,1-2H3,(H,27,31)(H,28,32). The topological polar surface area (TPSA) is 76.0 Å². The molecule has 0 bridgehead atoms. The van der Waals surface area contributed by atoms with Gasteiger partial charge in [-0.1, -0.05) is 47.5 Å². The van der Waals surface area contributed by atoms with E-state index < -0.39 is 0 Å². The van der Waals surface area contributed by atoms with E-state index in [0.29, 0.717) is 32.8 Å². The predicted octanol–water partition coefficient (Wildman–Crippen LogP) is 5.92. The Morgan fingerprint density at radius 2 is 1.78 bits per heavy atom. The summed E-state index contributed by atoms with van der Waals surface area (Å²) in [5.74, 6) is 0.132. The van der Waals surface area contributed by atoms with E-state index >= 15 is 0 Å². The number of rotatable bonds is 5. The maximum absolute atomic E-state index is 13.0. The Kier molecular flexibility index (Phi) is 6.17. The van der Waals surface area contributed by atoms with E-state index in [4.69, 9.17) is 28.2 Å². The van der Waals surface area contributed by atoms with Gasteiger partial charge in [0, 0.05) is 23.9 Å². The van der Waals surface area contributed by atoms with Crippen LogP contribution in [0.15, 0.2) is 60.7 Å². The molecule has 8 heteroatoms. The number of nitrogens with one attached hydrogen (secondary N) is 2. The molecule has 0 fully saturated rings. The molecule has 0 saturated heterocycles. The molecule has 0 aliphatic heterocycles. The first-order valence-electron chi connectivity index (χ1n) is 9.91. The summed E-state index contributed by atoms with van der Waals surface area (Å²) in [5.41, 5.74) is 4.30. The maximum atomic E-state index is 13.0. The third-order valence-electron chi connectivity index (χ3n) is 4.98. The minimum Gasteiger partial charge on any atom is -0.326 e. The van der Waals surface area contributed by atoms with Gasteiger partial charge in [-0.05, 0) is 48.9 Å². The molecule has 0 radical (unpaired) electrons. The second-order valence-electron chi connectivity index (χ2n) is 7.37. The van der Waals surface area contributed by atoms with Crippen molar-refractivity contribution in [2.45, 2.75) is 20.4 Å². The van der Waals surface area contributed by atoms with E-state index in [0.717, 1.165) is 16.6 Å². The van der Waals surface area contributed by atoms with Crippen molar-refractivity contribution < 1.29 is 9.59 Å². The van der Waals surface area contributed by atoms with E-state index in [1.807, 2.05) is 47.9 Å². The monoisotopic (exact) mass is 466 g/mol. The molecule has 0 aliphatic carbocycles. The summed E-state index contributed by atoms with van der Waals surface area (Å²) in [6.45, 7) is 3.34. The number of hydrogen-bond acceptors (Lipinski definition) is 3. The molecule has 3 aromatic carbocycles. The van der Waals surface area contributed by atoms with Gasteiger partial charge in [-0.15, -0.1) is 0 Å². The first-order chi connectivity index (χ1) is 15.3. The van der Waals surface area contributed by atoms with Crippen molar-refractivity contribution in [3.63, 3.8) is 0 Å². The number of amides is 2. The van der Waals surface area contributed by atoms with Crippen LogP contribution in [0.2, 0.25) is 10.0 Å². The van der Waals surface area contributed by atoms with Crippen LogP contribution in [-0.4, -0.2) is 21.4 Å². The van der Waals surface area contributed by atoms with E-state index in [2.05, 4.69) is 10.6 Å². The average Bonchev–Trinajstić information content (AvgIpc) is 3.10. The van der Waals surface area contributed by atoms with Gasteiger partial charge in [0.05, 0.1) is 21.1 Å². The van der Waals surface area contributed by atoms with Gasteiger partial charge >= 0.3 is 0 Å². The van der Waals surface area contributed by atoms with Crippen LogP contribution >= 0.6 is 23.2 Å². The summed E-state index contributed by atoms with van der Waals surface area (Å²) in [4.78, 5) is 29.1. The first-order valence-corrected chi connectivity index (χ1v) is 10.7. The lowest BCUT2D eigenvalue weighted by molar-refractivity contribution is -0.116. The molecule has 0 unspecified atom stereocenters. The molecule has 6 nitrogen and oxygen atoms in total. The first kappa shape index (κ1) is 21.9. The molecule has 0 atom stereocenters. The Bertz CT molecular complexity index is 1350. The van der Waals surface area contributed by atoms with E-state index in [1.54, 1.807) is 24.3 Å². The van der Waals surface area contributed by atoms with Crippen molar-refractivity contribution in [3.05, 3.63) is 76.3 Å². The molecule has 162 valence electrons. The summed E-state index contributed by atoms with van der Waals surface area (Å²) in [5, 5.41) is 6.45. The van der Waals surface area contributed by atoms with Crippen molar-refractivity contribution in [2.75, 3.05) is 10.6 Å². The molecule has 4 rings (SSSR count). The van der Waals surface area contributed by atoms with Crippen LogP contribution in [-0.2, 0) is 16.1 Å². The number of aryl methyl sites for hydroxylation is 1. The number of imidazole rings is 1. The molecule has 1 aromatic heterocycles. The van der Waals surface area contributed by atoms with Crippen LogP contribution < -0.4 is 10.6 Å². The zero-order valence-corrected chi connectivity index (χ0v) is 19.0. The molecule has 2 N–H and O–H groups in total. The highest BCUT2D eigenvalue weighted by Gasteiger charge is 2.18. The number of benzene rings is 3. The third-order valence-corrected chi connectivity index (χ3v) is 5.80. The molecule has 0 saturated carbocycles. The largest absolute Gasteiger partial charge is 0.326 e. The Labute approximate surface area is 195 Å². The van der Waals surface area contributed by atoms with Gasteiger partial charge in [0.2, 0.25) is 11.8 Å². The fraction of sp³-hybridized carbons (Fsp3) is 0.125. The van der Waals surface area contributed by atoms with Gasteiger partial charge in [-0.2, -0.15) is 0 Å². The lowest BCUT2D eigenvalue weighted by atomic mass is 10.1. The number of fused-ring (bicyclic) bond motifs is 1.